The first-order chi connectivity index (χ1) is 36.4. The molecule has 0 N–H and O–H groups in total. The van der Waals surface area contributed by atoms with Crippen LogP contribution in [-0.2, 0) is 48.5 Å². The van der Waals surface area contributed by atoms with E-state index in [1.807, 2.05) is 0 Å². The Morgan fingerprint density at radius 3 is 0.684 bits per heavy atom. The molecule has 0 radical (unpaired) electrons. The maximum atomic E-state index is 2.24. The first-order valence-electron chi connectivity index (χ1n) is 25.1. The van der Waals surface area contributed by atoms with E-state index in [1.54, 1.807) is 0 Å². The van der Waals surface area contributed by atoms with Crippen molar-refractivity contribution in [1.82, 2.24) is 0 Å². The van der Waals surface area contributed by atoms with Crippen LogP contribution in [-0.4, -0.2) is 6.41 Å². The zero-order chi connectivity index (χ0) is 50.9. The third-order valence-corrected chi connectivity index (χ3v) is 15.9. The van der Waals surface area contributed by atoms with Gasteiger partial charge in [0, 0.05) is 0 Å². The van der Waals surface area contributed by atoms with E-state index in [0.29, 0.717) is 0 Å². The maximum absolute atomic E-state index is 2.24. The predicted molar refractivity (Wildman–Crippen MR) is 315 cm³/mol. The van der Waals surface area contributed by atoms with Crippen LogP contribution in [0.2, 0.25) is 0 Å². The van der Waals surface area contributed by atoms with Crippen LogP contribution in [0.1, 0.15) is 33.4 Å². The minimum Gasteiger partial charge on any atom is -0.126 e. The Kier molecular flexibility index (Phi) is 21.7. The molecule has 0 fully saturated rings. The number of aryl methyl sites for hydroxylation is 2. The zero-order valence-corrected chi connectivity index (χ0v) is 49.1. The molecule has 0 unspecified atom stereocenters. The molecule has 0 heterocycles. The molecule has 0 aromatic heterocycles. The number of halogens is 2. The Hall–Kier alpha value is -6.75. The van der Waals surface area contributed by atoms with Crippen LogP contribution >= 0.6 is 0 Å². The van der Waals surface area contributed by atoms with Crippen molar-refractivity contribution in [3.63, 3.8) is 0 Å². The van der Waals surface area contributed by atoms with Crippen LogP contribution in [0.3, 0.4) is 0 Å². The summed E-state index contributed by atoms with van der Waals surface area (Å²) < 4.78 is 2.83. The largest absolute Gasteiger partial charge is 0.126 e. The van der Waals surface area contributed by atoms with E-state index in [4.69, 9.17) is 0 Å². The number of hydrogen-bond donors (Lipinski definition) is 0. The van der Waals surface area contributed by atoms with Crippen LogP contribution in [0.5, 0.6) is 0 Å². The van der Waals surface area contributed by atoms with Gasteiger partial charge in [0.15, 0.2) is 0 Å². The van der Waals surface area contributed by atoms with Gasteiger partial charge in [-0.15, -0.1) is 150 Å². The second-order valence-corrected chi connectivity index (χ2v) is 20.5. The van der Waals surface area contributed by atoms with Crippen molar-refractivity contribution in [3.8, 4) is 0 Å². The molecule has 0 bridgehead atoms. The van der Waals surface area contributed by atoms with Crippen LogP contribution in [0.15, 0.2) is 303 Å². The van der Waals surface area contributed by atoms with Gasteiger partial charge in [0.05, 0.1) is 0 Å². The van der Waals surface area contributed by atoms with Gasteiger partial charge in [0.25, 0.3) is 0 Å². The Morgan fingerprint density at radius 2 is 0.447 bits per heavy atom. The fourth-order valence-corrected chi connectivity index (χ4v) is 10.8. The monoisotopic (exact) mass is 1170 g/mol. The molecule has 76 heavy (non-hydrogen) atoms. The summed E-state index contributed by atoms with van der Waals surface area (Å²) in [4.78, 5) is 0. The maximum Gasteiger partial charge on any atom is -0.0771 e. The van der Waals surface area contributed by atoms with Crippen molar-refractivity contribution in [3.05, 3.63) is 337 Å². The fraction of sp³-hybridized carbons (Fsp3) is 0.0278. The second kappa shape index (κ2) is 29.0. The van der Waals surface area contributed by atoms with E-state index in [9.17, 15) is 0 Å². The Bertz CT molecular complexity index is 3560. The van der Waals surface area contributed by atoms with Crippen LogP contribution in [0, 0.1) is 13.8 Å². The summed E-state index contributed by atoms with van der Waals surface area (Å²) in [6.45, 7) is 4.28. The minimum absolute atomic E-state index is 0. The van der Waals surface area contributed by atoms with Gasteiger partial charge in [-0.25, -0.2) is 0 Å². The van der Waals surface area contributed by atoms with Gasteiger partial charge in [-0.2, -0.15) is 23.3 Å². The van der Waals surface area contributed by atoms with Gasteiger partial charge in [0.1, 0.15) is 0 Å². The molecular weight excluding hydrogens is 1120 g/mol. The molecule has 0 amide bonds. The number of rotatable bonds is 4. The van der Waals surface area contributed by atoms with Crippen LogP contribution < -0.4 is 24.8 Å². The van der Waals surface area contributed by atoms with E-state index in [0.717, 1.165) is 0 Å². The van der Waals surface area contributed by atoms with E-state index < -0.39 is 0 Å². The van der Waals surface area contributed by atoms with E-state index in [-0.39, 0.29) is 24.8 Å². The van der Waals surface area contributed by atoms with E-state index in [1.165, 1.54) is 153 Å². The topological polar surface area (TPSA) is 0 Å². The van der Waals surface area contributed by atoms with E-state index in [2.05, 4.69) is 317 Å². The van der Waals surface area contributed by atoms with Gasteiger partial charge < -0.3 is 24.8 Å². The van der Waals surface area contributed by atoms with Gasteiger partial charge in [-0.1, -0.05) is 98.8 Å². The van der Waals surface area contributed by atoms with Crippen molar-refractivity contribution in [2.24, 2.45) is 0 Å². The molecule has 0 aliphatic rings. The number of fused-ring (bicyclic) bond motifs is 8. The summed E-state index contributed by atoms with van der Waals surface area (Å²) in [5.41, 5.74) is 8.06. The van der Waals surface area contributed by atoms with Gasteiger partial charge >= 0.3 is 198 Å². The fourth-order valence-electron chi connectivity index (χ4n) is 9.17. The molecule has 0 atom stereocenters. The summed E-state index contributed by atoms with van der Waals surface area (Å²) in [6.07, 6.45) is 0. The first-order valence-corrected chi connectivity index (χ1v) is 27.5. The van der Waals surface area contributed by atoms with Crippen molar-refractivity contribution in [2.45, 2.75) is 13.8 Å². The zero-order valence-electron chi connectivity index (χ0n) is 42.6. The molecule has 0 aliphatic heterocycles. The smallest absolute Gasteiger partial charge is 0.0771 e. The summed E-state index contributed by atoms with van der Waals surface area (Å²) in [7, 11) is 0. The van der Waals surface area contributed by atoms with Crippen molar-refractivity contribution in [1.29, 1.82) is 0 Å². The number of benzene rings is 10. The molecule has 14 aromatic rings. The van der Waals surface area contributed by atoms with Crippen molar-refractivity contribution in [2.75, 3.05) is 0 Å². The Labute approximate surface area is 490 Å². The molecule has 14 rings (SSSR count). The van der Waals surface area contributed by atoms with Gasteiger partial charge in [-0.3, -0.25) is 0 Å². The van der Waals surface area contributed by atoms with E-state index >= 15 is 0 Å². The quantitative estimate of drug-likeness (QED) is 0.154. The third-order valence-electron chi connectivity index (χ3n) is 13.1. The summed E-state index contributed by atoms with van der Waals surface area (Å²) in [5.74, 6) is 0. The average molecular weight is 1170 g/mol. The van der Waals surface area contributed by atoms with Gasteiger partial charge in [0.2, 0.25) is 0 Å². The predicted octanol–water partition coefficient (Wildman–Crippen LogP) is 12.8. The average Bonchev–Trinajstić information content (AvgIpc) is 4.27. The molecule has 0 spiro atoms. The molecular formula is C72H56Cl2Zr2-2. The number of hydrogen-bond acceptors (Lipinski definition) is 0. The molecule has 0 nitrogen and oxygen atoms in total. The third kappa shape index (κ3) is 14.8. The molecule has 368 valence electrons. The summed E-state index contributed by atoms with van der Waals surface area (Å²) in [5, 5.41) is 16.2. The van der Waals surface area contributed by atoms with Crippen molar-refractivity contribution >= 4 is 71.0 Å². The molecule has 0 saturated carbocycles. The normalized spacial score (nSPS) is 10.2. The molecule has 0 saturated heterocycles. The Balaban J connectivity index is 0.000000133. The van der Waals surface area contributed by atoms with Gasteiger partial charge in [-0.05, 0) is 0 Å². The molecule has 4 heteroatoms. The SMILES string of the molecule is Cc1c[cH-]c2ccccc12.Cc1c[cH-]c2ccccc12.[Cl-].[Cl-].[Zr+2]=[C](c1ccccc1)c1ccccc1.[Zr+2]=[C](c1ccccc1)c1ccccc1.c1ccc2c(c1)[cH-]c1ccccc12.c1ccc2c(c1)[cH-]c1ccccc12. The van der Waals surface area contributed by atoms with Crippen LogP contribution in [0.4, 0.5) is 0 Å². The summed E-state index contributed by atoms with van der Waals surface area (Å²) >= 11 is 2.92. The summed E-state index contributed by atoms with van der Waals surface area (Å²) in [6, 6.07) is 106. The first kappa shape index (κ1) is 57.0. The van der Waals surface area contributed by atoms with Crippen molar-refractivity contribution < 1.29 is 73.3 Å². The Morgan fingerprint density at radius 1 is 0.250 bits per heavy atom. The minimum atomic E-state index is 0. The standard InChI is InChI=1S/2C13H9.2C13H10.2C10H9.2ClH.2Zr/c2*1-3-7-12-10(5-1)9-11-6-2-4-8-13(11)12;2*1-3-7-12(8-4-1)11-13-9-5-2-6-10-13;2*1-8-6-7-9-4-2-3-5-10(8)9;;;;/h2*1-9H;2*1-10H;2*2-7H,1H3;2*1H;;/q2*-1;;;2*-1;;;2*+2/p-2. The molecule has 0 aliphatic carbocycles. The molecule has 14 aromatic carbocycles. The van der Waals surface area contributed by atoms with Crippen LogP contribution in [0.25, 0.3) is 64.6 Å². The second-order valence-electron chi connectivity index (χ2n) is 18.1.